The lowest BCUT2D eigenvalue weighted by Gasteiger charge is -2.22. The summed E-state index contributed by atoms with van der Waals surface area (Å²) in [6.45, 7) is 7.93. The lowest BCUT2D eigenvalue weighted by atomic mass is 10.0. The van der Waals surface area contributed by atoms with E-state index >= 15 is 0 Å². The lowest BCUT2D eigenvalue weighted by Crippen LogP contribution is -2.47. The zero-order valence-corrected chi connectivity index (χ0v) is 20.5. The van der Waals surface area contributed by atoms with Crippen LogP contribution in [0, 0.1) is 5.92 Å². The molecule has 178 valence electrons. The van der Waals surface area contributed by atoms with E-state index in [4.69, 9.17) is 0 Å². The third-order valence-electron chi connectivity index (χ3n) is 6.04. The van der Waals surface area contributed by atoms with Crippen LogP contribution in [0.15, 0.2) is 47.4 Å². The number of fused-ring (bicyclic) bond motifs is 1. The minimum absolute atomic E-state index is 0.0579. The minimum Gasteiger partial charge on any atom is -0.340 e. The predicted octanol–water partition coefficient (Wildman–Crippen LogP) is 3.60. The second-order valence-electron chi connectivity index (χ2n) is 8.64. The van der Waals surface area contributed by atoms with Gasteiger partial charge in [0.2, 0.25) is 15.9 Å². The number of hydrogen-bond acceptors (Lipinski definition) is 4. The quantitative estimate of drug-likeness (QED) is 0.584. The van der Waals surface area contributed by atoms with Crippen molar-refractivity contribution >= 4 is 27.5 Å². The number of nitrogens with zero attached hydrogens (tertiary/aromatic N) is 1. The summed E-state index contributed by atoms with van der Waals surface area (Å²) in [6.07, 6.45) is 3.20. The van der Waals surface area contributed by atoms with Gasteiger partial charge in [-0.3, -0.25) is 9.59 Å². The number of anilines is 1. The fraction of sp³-hybridized carbons (Fsp3) is 0.440. The highest BCUT2D eigenvalue weighted by molar-refractivity contribution is 7.89. The van der Waals surface area contributed by atoms with Crippen LogP contribution in [0.4, 0.5) is 5.69 Å². The first-order valence-corrected chi connectivity index (χ1v) is 12.9. The third-order valence-corrected chi connectivity index (χ3v) is 8.09. The molecule has 7 nitrogen and oxygen atoms in total. The van der Waals surface area contributed by atoms with Gasteiger partial charge in [0.25, 0.3) is 5.91 Å². The number of carbonyl (C=O) groups is 2. The molecule has 0 aliphatic heterocycles. The maximum absolute atomic E-state index is 13.0. The molecule has 0 aromatic heterocycles. The van der Waals surface area contributed by atoms with Crippen molar-refractivity contribution in [2.75, 3.05) is 18.4 Å². The molecule has 1 aliphatic rings. The van der Waals surface area contributed by atoms with Crippen LogP contribution in [-0.2, 0) is 27.7 Å². The normalized spacial score (nSPS) is 14.2. The Hall–Kier alpha value is -2.71. The van der Waals surface area contributed by atoms with Crippen LogP contribution in [0.2, 0.25) is 0 Å². The van der Waals surface area contributed by atoms with Gasteiger partial charge >= 0.3 is 0 Å². The van der Waals surface area contributed by atoms with Crippen LogP contribution in [0.25, 0.3) is 0 Å². The van der Waals surface area contributed by atoms with Crippen LogP contribution in [-0.4, -0.2) is 43.7 Å². The fourth-order valence-corrected chi connectivity index (χ4v) is 5.64. The first-order chi connectivity index (χ1) is 15.7. The van der Waals surface area contributed by atoms with Gasteiger partial charge in [0.15, 0.2) is 0 Å². The molecule has 0 saturated carbocycles. The molecule has 0 heterocycles. The summed E-state index contributed by atoms with van der Waals surface area (Å²) in [6, 6.07) is 11.1. The van der Waals surface area contributed by atoms with E-state index < -0.39 is 22.0 Å². The summed E-state index contributed by atoms with van der Waals surface area (Å²) in [5, 5.41) is 5.70. The Morgan fingerprint density at radius 2 is 1.70 bits per heavy atom. The number of hydrogen-bond donors (Lipinski definition) is 2. The Labute approximate surface area is 196 Å². The molecule has 0 radical (unpaired) electrons. The summed E-state index contributed by atoms with van der Waals surface area (Å²) in [7, 11) is -3.69. The summed E-state index contributed by atoms with van der Waals surface area (Å²) in [4.78, 5) is 26.0. The van der Waals surface area contributed by atoms with Crippen molar-refractivity contribution in [3.63, 3.8) is 0 Å². The summed E-state index contributed by atoms with van der Waals surface area (Å²) in [5.41, 5.74) is 3.48. The monoisotopic (exact) mass is 471 g/mol. The molecule has 33 heavy (non-hydrogen) atoms. The van der Waals surface area contributed by atoms with Crippen molar-refractivity contribution in [3.8, 4) is 0 Å². The third kappa shape index (κ3) is 5.62. The molecular weight excluding hydrogens is 438 g/mol. The second-order valence-corrected chi connectivity index (χ2v) is 10.6. The first-order valence-electron chi connectivity index (χ1n) is 11.5. The van der Waals surface area contributed by atoms with Gasteiger partial charge in [0.05, 0.1) is 4.90 Å². The van der Waals surface area contributed by atoms with Crippen molar-refractivity contribution < 1.29 is 18.0 Å². The zero-order chi connectivity index (χ0) is 24.2. The largest absolute Gasteiger partial charge is 0.340 e. The van der Waals surface area contributed by atoms with Gasteiger partial charge in [-0.2, -0.15) is 4.31 Å². The highest BCUT2D eigenvalue weighted by atomic mass is 32.2. The number of rotatable bonds is 9. The van der Waals surface area contributed by atoms with Crippen molar-refractivity contribution in [2.24, 2.45) is 5.92 Å². The molecule has 2 aromatic rings. The van der Waals surface area contributed by atoms with E-state index in [0.29, 0.717) is 18.8 Å². The summed E-state index contributed by atoms with van der Waals surface area (Å²) in [5.74, 6) is -0.955. The van der Waals surface area contributed by atoms with Crippen molar-refractivity contribution in [1.29, 1.82) is 0 Å². The van der Waals surface area contributed by atoms with Gasteiger partial charge in [0.1, 0.15) is 6.04 Å². The Balaban J connectivity index is 1.76. The van der Waals surface area contributed by atoms with Crippen molar-refractivity contribution in [1.82, 2.24) is 9.62 Å². The molecular formula is C25H33N3O4S. The standard InChI is InChI=1S/C25H33N3O4S/c1-5-28(6-2)33(31,32)22-12-8-11-20(16-22)24(29)27-23(17(3)4)25(30)26-21-14-13-18-9-7-10-19(18)15-21/h8,11-17,23H,5-7,9-10H2,1-4H3,(H,26,30)(H,27,29)/t23-/m1/s1. The average molecular weight is 472 g/mol. The van der Waals surface area contributed by atoms with E-state index in [1.807, 2.05) is 32.0 Å². The Morgan fingerprint density at radius 1 is 1.00 bits per heavy atom. The van der Waals surface area contributed by atoms with Crippen molar-refractivity contribution in [2.45, 2.75) is 57.9 Å². The topological polar surface area (TPSA) is 95.6 Å². The first kappa shape index (κ1) is 24.9. The van der Waals surface area contributed by atoms with E-state index in [1.165, 1.54) is 27.6 Å². The number of aryl methyl sites for hydroxylation is 2. The van der Waals surface area contributed by atoms with Gasteiger partial charge in [-0.15, -0.1) is 0 Å². The van der Waals surface area contributed by atoms with E-state index in [2.05, 4.69) is 10.6 Å². The molecule has 2 aromatic carbocycles. The van der Waals surface area contributed by atoms with E-state index in [0.717, 1.165) is 19.3 Å². The molecule has 8 heteroatoms. The summed E-state index contributed by atoms with van der Waals surface area (Å²) >= 11 is 0. The molecule has 0 unspecified atom stereocenters. The number of carbonyl (C=O) groups excluding carboxylic acids is 2. The Kier molecular flexibility index (Phi) is 7.92. The average Bonchev–Trinajstić information content (AvgIpc) is 3.25. The molecule has 1 aliphatic carbocycles. The fourth-order valence-electron chi connectivity index (χ4n) is 4.14. The van der Waals surface area contributed by atoms with E-state index in [-0.39, 0.29) is 22.3 Å². The minimum atomic E-state index is -3.69. The van der Waals surface area contributed by atoms with Crippen LogP contribution < -0.4 is 10.6 Å². The SMILES string of the molecule is CCN(CC)S(=O)(=O)c1cccc(C(=O)N[C@@H](C(=O)Nc2ccc3c(c2)CCC3)C(C)C)c1. The zero-order valence-electron chi connectivity index (χ0n) is 19.7. The Morgan fingerprint density at radius 3 is 2.36 bits per heavy atom. The van der Waals surface area contributed by atoms with E-state index in [1.54, 1.807) is 26.0 Å². The molecule has 3 rings (SSSR count). The van der Waals surface area contributed by atoms with Crippen molar-refractivity contribution in [3.05, 3.63) is 59.2 Å². The van der Waals surface area contributed by atoms with Gasteiger partial charge in [0, 0.05) is 24.3 Å². The lowest BCUT2D eigenvalue weighted by molar-refractivity contribution is -0.118. The number of benzene rings is 2. The van der Waals surface area contributed by atoms with E-state index in [9.17, 15) is 18.0 Å². The maximum atomic E-state index is 13.0. The highest BCUT2D eigenvalue weighted by Crippen LogP contribution is 2.25. The van der Waals surface area contributed by atoms with Crippen LogP contribution in [0.1, 0.15) is 55.6 Å². The summed E-state index contributed by atoms with van der Waals surface area (Å²) < 4.78 is 27.0. The van der Waals surface area contributed by atoms with Crippen LogP contribution >= 0.6 is 0 Å². The molecule has 2 N–H and O–H groups in total. The second kappa shape index (κ2) is 10.5. The van der Waals surface area contributed by atoms with Gasteiger partial charge in [-0.25, -0.2) is 8.42 Å². The smallest absolute Gasteiger partial charge is 0.251 e. The van der Waals surface area contributed by atoms with Crippen LogP contribution in [0.5, 0.6) is 0 Å². The van der Waals surface area contributed by atoms with Gasteiger partial charge in [-0.1, -0.05) is 39.8 Å². The molecule has 0 spiro atoms. The highest BCUT2D eigenvalue weighted by Gasteiger charge is 2.27. The number of amides is 2. The molecule has 2 amide bonds. The molecule has 1 atom stereocenters. The predicted molar refractivity (Wildman–Crippen MR) is 130 cm³/mol. The molecule has 0 bridgehead atoms. The maximum Gasteiger partial charge on any atom is 0.251 e. The van der Waals surface area contributed by atoms with Gasteiger partial charge in [-0.05, 0) is 66.6 Å². The molecule has 0 fully saturated rings. The number of sulfonamides is 1. The number of nitrogens with one attached hydrogen (secondary N) is 2. The molecule has 0 saturated heterocycles. The van der Waals surface area contributed by atoms with Gasteiger partial charge < -0.3 is 10.6 Å². The van der Waals surface area contributed by atoms with Crippen LogP contribution in [0.3, 0.4) is 0 Å². The Bertz CT molecular complexity index is 1120.